The second kappa shape index (κ2) is 12.9. The number of ether oxygens (including phenoxy) is 1. The van der Waals surface area contributed by atoms with Crippen LogP contribution in [0.2, 0.25) is 0 Å². The number of esters is 1. The van der Waals surface area contributed by atoms with Gasteiger partial charge in [0.05, 0.1) is 11.5 Å². The minimum Gasteiger partial charge on any atom is -0.463 e. The first-order chi connectivity index (χ1) is 14.5. The van der Waals surface area contributed by atoms with Crippen LogP contribution in [0.25, 0.3) is 5.57 Å². The third-order valence-electron chi connectivity index (χ3n) is 5.54. The van der Waals surface area contributed by atoms with E-state index in [9.17, 15) is 13.2 Å². The van der Waals surface area contributed by atoms with Crippen LogP contribution in [0.1, 0.15) is 83.6 Å². The second-order valence-electron chi connectivity index (χ2n) is 7.94. The average molecular weight is 436 g/mol. The van der Waals surface area contributed by atoms with Crippen LogP contribution in [0.5, 0.6) is 0 Å². The van der Waals surface area contributed by atoms with E-state index in [1.807, 2.05) is 0 Å². The lowest BCUT2D eigenvalue weighted by Crippen LogP contribution is -2.37. The fourth-order valence-corrected chi connectivity index (χ4v) is 5.56. The number of hydrogen-bond donors (Lipinski definition) is 0. The predicted octanol–water partition coefficient (Wildman–Crippen LogP) is 5.56. The van der Waals surface area contributed by atoms with Crippen LogP contribution in [0, 0.1) is 0 Å². The van der Waals surface area contributed by atoms with E-state index in [-0.39, 0.29) is 11.4 Å². The molecule has 1 aliphatic heterocycles. The summed E-state index contributed by atoms with van der Waals surface area (Å²) in [6, 6.07) is 6.90. The summed E-state index contributed by atoms with van der Waals surface area (Å²) in [5, 5.41) is 0. The van der Waals surface area contributed by atoms with Crippen LogP contribution >= 0.6 is 0 Å². The van der Waals surface area contributed by atoms with E-state index < -0.39 is 16.0 Å². The van der Waals surface area contributed by atoms with E-state index in [2.05, 4.69) is 6.92 Å². The van der Waals surface area contributed by atoms with Gasteiger partial charge in [-0.05, 0) is 30.5 Å². The third-order valence-corrected chi connectivity index (χ3v) is 7.44. The minimum absolute atomic E-state index is 0.218. The molecule has 0 aromatic heterocycles. The Morgan fingerprint density at radius 2 is 1.57 bits per heavy atom. The fraction of sp³-hybridized carbons (Fsp3) is 0.625. The Labute approximate surface area is 182 Å². The maximum atomic E-state index is 13.0. The standard InChI is InChI=1S/C24H37NO4S/c1-3-5-6-7-8-9-10-11-12-15-18-25-20-21(19-24(26)29-4-2)22-16-13-14-17-23(22)30(25,27)28/h13-14,16-17,19H,3-12,15,18,20H2,1-2H3/b21-19+. The molecule has 1 aromatic carbocycles. The van der Waals surface area contributed by atoms with Gasteiger partial charge < -0.3 is 4.74 Å². The fourth-order valence-electron chi connectivity index (χ4n) is 3.88. The predicted molar refractivity (Wildman–Crippen MR) is 122 cm³/mol. The van der Waals surface area contributed by atoms with Gasteiger partial charge in [-0.1, -0.05) is 82.9 Å². The number of rotatable bonds is 13. The first kappa shape index (κ1) is 24.6. The van der Waals surface area contributed by atoms with Crippen LogP contribution in [-0.4, -0.2) is 38.4 Å². The minimum atomic E-state index is -3.53. The highest BCUT2D eigenvalue weighted by molar-refractivity contribution is 7.89. The van der Waals surface area contributed by atoms with Crippen molar-refractivity contribution < 1.29 is 17.9 Å². The van der Waals surface area contributed by atoms with Crippen LogP contribution in [0.3, 0.4) is 0 Å². The maximum Gasteiger partial charge on any atom is 0.331 e. The molecule has 2 rings (SSSR count). The Bertz CT molecular complexity index is 801. The van der Waals surface area contributed by atoms with Gasteiger partial charge in [0, 0.05) is 19.2 Å². The molecule has 0 fully saturated rings. The molecule has 6 heteroatoms. The van der Waals surface area contributed by atoms with Crippen molar-refractivity contribution in [2.45, 2.75) is 83.0 Å². The van der Waals surface area contributed by atoms with Gasteiger partial charge in [-0.3, -0.25) is 0 Å². The number of unbranched alkanes of at least 4 members (excludes halogenated alkanes) is 9. The quantitative estimate of drug-likeness (QED) is 0.231. The number of nitrogens with zero attached hydrogens (tertiary/aromatic N) is 1. The summed E-state index contributed by atoms with van der Waals surface area (Å²) in [4.78, 5) is 12.2. The molecule has 0 spiro atoms. The Morgan fingerprint density at radius 1 is 0.967 bits per heavy atom. The largest absolute Gasteiger partial charge is 0.463 e. The molecule has 0 bridgehead atoms. The highest BCUT2D eigenvalue weighted by atomic mass is 32.2. The van der Waals surface area contributed by atoms with Crippen molar-refractivity contribution in [3.05, 3.63) is 35.9 Å². The lowest BCUT2D eigenvalue weighted by atomic mass is 10.0. The van der Waals surface area contributed by atoms with Gasteiger partial charge in [0.25, 0.3) is 0 Å². The molecule has 168 valence electrons. The smallest absolute Gasteiger partial charge is 0.331 e. The van der Waals surface area contributed by atoms with Gasteiger partial charge in [0.1, 0.15) is 0 Å². The van der Waals surface area contributed by atoms with Crippen molar-refractivity contribution in [3.63, 3.8) is 0 Å². The van der Waals surface area contributed by atoms with Crippen LogP contribution in [0.4, 0.5) is 0 Å². The molecule has 1 aliphatic rings. The lowest BCUT2D eigenvalue weighted by molar-refractivity contribution is -0.137. The molecule has 0 saturated heterocycles. The molecule has 1 heterocycles. The van der Waals surface area contributed by atoms with E-state index in [0.29, 0.717) is 24.3 Å². The highest BCUT2D eigenvalue weighted by Gasteiger charge is 2.33. The van der Waals surface area contributed by atoms with Crippen molar-refractivity contribution in [1.82, 2.24) is 4.31 Å². The molecule has 0 saturated carbocycles. The lowest BCUT2D eigenvalue weighted by Gasteiger charge is -2.30. The summed E-state index contributed by atoms with van der Waals surface area (Å²) in [7, 11) is -3.53. The first-order valence-corrected chi connectivity index (χ1v) is 12.9. The molecular formula is C24H37NO4S. The second-order valence-corrected chi connectivity index (χ2v) is 9.84. The number of carbonyl (C=O) groups is 1. The van der Waals surface area contributed by atoms with E-state index in [1.54, 1.807) is 31.2 Å². The monoisotopic (exact) mass is 435 g/mol. The first-order valence-electron chi connectivity index (χ1n) is 11.5. The molecule has 30 heavy (non-hydrogen) atoms. The molecular weight excluding hydrogens is 398 g/mol. The van der Waals surface area contributed by atoms with Crippen molar-refractivity contribution >= 4 is 21.6 Å². The van der Waals surface area contributed by atoms with Crippen molar-refractivity contribution in [3.8, 4) is 0 Å². The van der Waals surface area contributed by atoms with E-state index in [4.69, 9.17) is 4.74 Å². The molecule has 0 unspecified atom stereocenters. The maximum absolute atomic E-state index is 13.0. The zero-order valence-corrected chi connectivity index (χ0v) is 19.4. The number of hydrogen-bond acceptors (Lipinski definition) is 4. The molecule has 0 amide bonds. The number of fused-ring (bicyclic) bond motifs is 1. The van der Waals surface area contributed by atoms with E-state index in [1.165, 1.54) is 55.3 Å². The van der Waals surface area contributed by atoms with Crippen molar-refractivity contribution in [2.24, 2.45) is 0 Å². The van der Waals surface area contributed by atoms with Crippen LogP contribution in [-0.2, 0) is 19.6 Å². The van der Waals surface area contributed by atoms with Crippen molar-refractivity contribution in [2.75, 3.05) is 19.7 Å². The zero-order chi connectivity index (χ0) is 21.8. The van der Waals surface area contributed by atoms with Gasteiger partial charge in [-0.25, -0.2) is 13.2 Å². The third kappa shape index (κ3) is 7.24. The topological polar surface area (TPSA) is 63.7 Å². The Balaban J connectivity index is 1.90. The molecule has 0 atom stereocenters. The van der Waals surface area contributed by atoms with Gasteiger partial charge in [-0.15, -0.1) is 0 Å². The number of sulfonamides is 1. The SMILES string of the molecule is CCCCCCCCCCCCN1C/C(=C\C(=O)OCC)c2ccccc2S1(=O)=O. The molecule has 0 radical (unpaired) electrons. The Kier molecular flexibility index (Phi) is 10.6. The Morgan fingerprint density at radius 3 is 2.20 bits per heavy atom. The Hall–Kier alpha value is -1.66. The zero-order valence-electron chi connectivity index (χ0n) is 18.6. The summed E-state index contributed by atoms with van der Waals surface area (Å²) in [6.07, 6.45) is 13.5. The molecule has 0 N–H and O–H groups in total. The molecule has 0 aliphatic carbocycles. The van der Waals surface area contributed by atoms with E-state index >= 15 is 0 Å². The van der Waals surface area contributed by atoms with Gasteiger partial charge >= 0.3 is 5.97 Å². The summed E-state index contributed by atoms with van der Waals surface area (Å²) >= 11 is 0. The summed E-state index contributed by atoms with van der Waals surface area (Å²) in [6.45, 7) is 4.98. The summed E-state index contributed by atoms with van der Waals surface area (Å²) in [5.74, 6) is -0.430. The van der Waals surface area contributed by atoms with Gasteiger partial charge in [0.2, 0.25) is 10.0 Å². The summed E-state index contributed by atoms with van der Waals surface area (Å²) < 4.78 is 32.6. The van der Waals surface area contributed by atoms with Gasteiger partial charge in [0.15, 0.2) is 0 Å². The number of benzene rings is 1. The molecule has 1 aromatic rings. The normalized spacial score (nSPS) is 17.1. The van der Waals surface area contributed by atoms with E-state index in [0.717, 1.165) is 19.3 Å². The number of carbonyl (C=O) groups excluding carboxylic acids is 1. The highest BCUT2D eigenvalue weighted by Crippen LogP contribution is 2.33. The van der Waals surface area contributed by atoms with Crippen LogP contribution < -0.4 is 0 Å². The van der Waals surface area contributed by atoms with Crippen molar-refractivity contribution in [1.29, 1.82) is 0 Å². The molecule has 5 nitrogen and oxygen atoms in total. The average Bonchev–Trinajstić information content (AvgIpc) is 2.73. The summed E-state index contributed by atoms with van der Waals surface area (Å²) in [5.41, 5.74) is 1.30. The van der Waals surface area contributed by atoms with Gasteiger partial charge in [-0.2, -0.15) is 4.31 Å². The van der Waals surface area contributed by atoms with Crippen LogP contribution in [0.15, 0.2) is 35.2 Å².